The van der Waals surface area contributed by atoms with Gasteiger partial charge in [0.2, 0.25) is 5.91 Å². The molecular formula is C31H40F3N3O3Si. The maximum Gasteiger partial charge on any atom is 0.471 e. The summed E-state index contributed by atoms with van der Waals surface area (Å²) in [7, 11) is -2.87. The van der Waals surface area contributed by atoms with Crippen molar-refractivity contribution in [2.75, 3.05) is 19.6 Å². The molecule has 2 amide bonds. The van der Waals surface area contributed by atoms with Gasteiger partial charge in [-0.05, 0) is 42.1 Å². The fourth-order valence-corrected chi connectivity index (χ4v) is 11.6. The predicted molar refractivity (Wildman–Crippen MR) is 154 cm³/mol. The SMILES string of the molecule is C[C@H]1CN(C(=O)C(F)(F)F)C2(CC2)CN1C(=O)[C@H]1C[C@](C)(O[Si](c2ccccc2)(c2ccccc2)C(C)(C)C)CN1. The lowest BCUT2D eigenvalue weighted by molar-refractivity contribution is -0.193. The fourth-order valence-electron chi connectivity index (χ4n) is 6.82. The summed E-state index contributed by atoms with van der Waals surface area (Å²) < 4.78 is 47.3. The van der Waals surface area contributed by atoms with Crippen molar-refractivity contribution < 1.29 is 27.2 Å². The van der Waals surface area contributed by atoms with Gasteiger partial charge >= 0.3 is 12.1 Å². The zero-order valence-electron chi connectivity index (χ0n) is 24.4. The number of carbonyl (C=O) groups is 2. The van der Waals surface area contributed by atoms with E-state index in [-0.39, 0.29) is 24.0 Å². The van der Waals surface area contributed by atoms with E-state index >= 15 is 0 Å². The first-order chi connectivity index (χ1) is 19.1. The summed E-state index contributed by atoms with van der Waals surface area (Å²) in [5.74, 6) is -1.95. The van der Waals surface area contributed by atoms with E-state index in [0.717, 1.165) is 15.3 Å². The van der Waals surface area contributed by atoms with E-state index in [1.54, 1.807) is 11.8 Å². The van der Waals surface area contributed by atoms with Crippen molar-refractivity contribution in [3.63, 3.8) is 0 Å². The topological polar surface area (TPSA) is 61.9 Å². The lowest BCUT2D eigenvalue weighted by atomic mass is 9.99. The molecule has 0 radical (unpaired) electrons. The minimum atomic E-state index is -4.92. The van der Waals surface area contributed by atoms with Gasteiger partial charge in [-0.3, -0.25) is 9.59 Å². The van der Waals surface area contributed by atoms with E-state index in [2.05, 4.69) is 57.3 Å². The number of carbonyl (C=O) groups excluding carboxylic acids is 2. The van der Waals surface area contributed by atoms with Gasteiger partial charge in [-0.15, -0.1) is 0 Å². The summed E-state index contributed by atoms with van der Waals surface area (Å²) in [6.45, 7) is 10.9. The smallest absolute Gasteiger partial charge is 0.401 e. The second-order valence-corrected chi connectivity index (χ2v) is 17.5. The third kappa shape index (κ3) is 5.34. The molecule has 41 heavy (non-hydrogen) atoms. The first kappa shape index (κ1) is 29.8. The van der Waals surface area contributed by atoms with Crippen LogP contribution in [0, 0.1) is 0 Å². The van der Waals surface area contributed by atoms with Crippen LogP contribution in [-0.2, 0) is 14.0 Å². The van der Waals surface area contributed by atoms with Gasteiger partial charge in [0, 0.05) is 32.1 Å². The molecule has 2 aliphatic heterocycles. The molecule has 1 N–H and O–H groups in total. The average molecular weight is 588 g/mol. The van der Waals surface area contributed by atoms with Crippen LogP contribution in [0.2, 0.25) is 5.04 Å². The number of benzene rings is 2. The lowest BCUT2D eigenvalue weighted by Gasteiger charge is -2.48. The van der Waals surface area contributed by atoms with Gasteiger partial charge in [0.15, 0.2) is 0 Å². The molecule has 1 spiro atoms. The highest BCUT2D eigenvalue weighted by atomic mass is 28.4. The van der Waals surface area contributed by atoms with Gasteiger partial charge in [-0.1, -0.05) is 81.4 Å². The Hall–Kier alpha value is -2.69. The van der Waals surface area contributed by atoms with Crippen LogP contribution in [0.1, 0.15) is 53.9 Å². The molecule has 222 valence electrons. The number of nitrogens with one attached hydrogen (secondary N) is 1. The molecule has 1 aliphatic carbocycles. The summed E-state index contributed by atoms with van der Waals surface area (Å²) in [6, 6.07) is 19.6. The molecule has 2 aromatic rings. The number of alkyl halides is 3. The molecule has 3 fully saturated rings. The Labute approximate surface area is 241 Å². The first-order valence-corrected chi connectivity index (χ1v) is 16.3. The van der Waals surface area contributed by atoms with Crippen molar-refractivity contribution in [1.82, 2.24) is 15.1 Å². The Morgan fingerprint density at radius 3 is 1.98 bits per heavy atom. The van der Waals surface area contributed by atoms with Gasteiger partial charge in [0.05, 0.1) is 17.2 Å². The van der Waals surface area contributed by atoms with E-state index in [1.807, 2.05) is 36.4 Å². The summed E-state index contributed by atoms with van der Waals surface area (Å²) in [5.41, 5.74) is -1.57. The molecule has 0 unspecified atom stereocenters. The normalized spacial score (nSPS) is 26.3. The Balaban J connectivity index is 1.39. The number of nitrogens with zero attached hydrogens (tertiary/aromatic N) is 2. The summed E-state index contributed by atoms with van der Waals surface area (Å²) in [5, 5.41) is 5.48. The highest BCUT2D eigenvalue weighted by Crippen LogP contribution is 2.47. The highest BCUT2D eigenvalue weighted by Gasteiger charge is 2.61. The highest BCUT2D eigenvalue weighted by molar-refractivity contribution is 6.99. The Kier molecular flexibility index (Phi) is 7.44. The van der Waals surface area contributed by atoms with Gasteiger partial charge < -0.3 is 19.5 Å². The van der Waals surface area contributed by atoms with Crippen LogP contribution in [0.25, 0.3) is 0 Å². The van der Waals surface area contributed by atoms with Gasteiger partial charge in [-0.25, -0.2) is 0 Å². The molecular weight excluding hydrogens is 547 g/mol. The maximum absolute atomic E-state index is 13.9. The van der Waals surface area contributed by atoms with Gasteiger partial charge in [-0.2, -0.15) is 13.2 Å². The fraction of sp³-hybridized carbons (Fsp3) is 0.548. The maximum atomic E-state index is 13.9. The monoisotopic (exact) mass is 587 g/mol. The van der Waals surface area contributed by atoms with Crippen LogP contribution in [0.4, 0.5) is 13.2 Å². The number of hydrogen-bond donors (Lipinski definition) is 1. The molecule has 10 heteroatoms. The van der Waals surface area contributed by atoms with Crippen molar-refractivity contribution in [2.45, 2.75) is 88.3 Å². The summed E-state index contributed by atoms with van der Waals surface area (Å²) >= 11 is 0. The third-order valence-electron chi connectivity index (χ3n) is 9.09. The Bertz CT molecular complexity index is 1240. The lowest BCUT2D eigenvalue weighted by Crippen LogP contribution is -2.69. The van der Waals surface area contributed by atoms with Gasteiger partial charge in [0.25, 0.3) is 8.32 Å². The standard InChI is InChI=1S/C31H40F3N3O3Si/c1-22-19-37(27(39)31(32,33)34)30(16-17-30)21-36(22)26(38)25-18-29(5,20-35-25)40-41(28(2,3)4,23-12-8-6-9-13-23)24-14-10-7-11-15-24/h6-15,22,25,35H,16-21H2,1-5H3/t22-,25+,29-/m0/s1. The second-order valence-electron chi connectivity index (χ2n) is 13.3. The quantitative estimate of drug-likeness (QED) is 0.541. The second kappa shape index (κ2) is 10.2. The summed E-state index contributed by atoms with van der Waals surface area (Å²) in [6.07, 6.45) is -3.54. The average Bonchev–Trinajstić information content (AvgIpc) is 3.59. The number of piperazine rings is 1. The van der Waals surface area contributed by atoms with Crippen LogP contribution in [0.15, 0.2) is 60.7 Å². The van der Waals surface area contributed by atoms with Crippen LogP contribution in [0.5, 0.6) is 0 Å². The predicted octanol–water partition coefficient (Wildman–Crippen LogP) is 3.84. The molecule has 0 bridgehead atoms. The Morgan fingerprint density at radius 1 is 0.976 bits per heavy atom. The van der Waals surface area contributed by atoms with Crippen molar-refractivity contribution in [2.24, 2.45) is 0 Å². The van der Waals surface area contributed by atoms with Crippen molar-refractivity contribution in [3.8, 4) is 0 Å². The molecule has 2 heterocycles. The van der Waals surface area contributed by atoms with Crippen molar-refractivity contribution >= 4 is 30.5 Å². The van der Waals surface area contributed by atoms with Crippen molar-refractivity contribution in [3.05, 3.63) is 60.7 Å². The molecule has 0 aromatic heterocycles. The minimum Gasteiger partial charge on any atom is -0.401 e. The largest absolute Gasteiger partial charge is 0.471 e. The first-order valence-electron chi connectivity index (χ1n) is 14.4. The number of rotatable bonds is 5. The van der Waals surface area contributed by atoms with Crippen molar-refractivity contribution in [1.29, 1.82) is 0 Å². The number of hydrogen-bond acceptors (Lipinski definition) is 4. The van der Waals surface area contributed by atoms with Crippen LogP contribution >= 0.6 is 0 Å². The number of amides is 2. The molecule has 1 saturated carbocycles. The molecule has 3 atom stereocenters. The van der Waals surface area contributed by atoms with Gasteiger partial charge in [0.1, 0.15) is 0 Å². The molecule has 5 rings (SSSR count). The molecule has 2 aromatic carbocycles. The van der Waals surface area contributed by atoms with E-state index < -0.39 is 43.6 Å². The molecule has 6 nitrogen and oxygen atoms in total. The Morgan fingerprint density at radius 2 is 1.51 bits per heavy atom. The molecule has 3 aliphatic rings. The van der Waals surface area contributed by atoms with E-state index in [0.29, 0.717) is 25.8 Å². The molecule has 2 saturated heterocycles. The van der Waals surface area contributed by atoms with Crippen LogP contribution in [-0.4, -0.2) is 79.0 Å². The zero-order chi connectivity index (χ0) is 29.8. The zero-order valence-corrected chi connectivity index (χ0v) is 25.4. The van der Waals surface area contributed by atoms with Crippen LogP contribution in [0.3, 0.4) is 0 Å². The van der Waals surface area contributed by atoms with E-state index in [9.17, 15) is 22.8 Å². The summed E-state index contributed by atoms with van der Waals surface area (Å²) in [4.78, 5) is 28.7. The van der Waals surface area contributed by atoms with E-state index in [4.69, 9.17) is 4.43 Å². The number of halogens is 3. The van der Waals surface area contributed by atoms with E-state index in [1.165, 1.54) is 0 Å². The van der Waals surface area contributed by atoms with Crippen LogP contribution < -0.4 is 15.7 Å². The third-order valence-corrected chi connectivity index (χ3v) is 14.3. The minimum absolute atomic E-state index is 0.118.